The normalized spacial score (nSPS) is 12.0. The van der Waals surface area contributed by atoms with Gasteiger partial charge in [-0.1, -0.05) is 39.7 Å². The maximum atomic E-state index is 6.07. The fraction of sp³-hybridized carbons (Fsp3) is 0.200. The van der Waals surface area contributed by atoms with Gasteiger partial charge in [0.15, 0.2) is 0 Å². The van der Waals surface area contributed by atoms with Crippen LogP contribution in [-0.4, -0.2) is 13.7 Å². The van der Waals surface area contributed by atoms with Crippen LogP contribution in [0, 0.1) is 0 Å². The molecule has 0 aliphatic heterocycles. The van der Waals surface area contributed by atoms with Gasteiger partial charge in [0.25, 0.3) is 0 Å². The van der Waals surface area contributed by atoms with Gasteiger partial charge < -0.3 is 15.8 Å². The third-order valence-electron chi connectivity index (χ3n) is 3.01. The molecular formula is C15H16BrClN2O. The molecule has 0 saturated carbocycles. The largest absolute Gasteiger partial charge is 0.495 e. The average Bonchev–Trinajstić information content (AvgIpc) is 2.48. The molecule has 0 bridgehead atoms. The second-order valence-corrected chi connectivity index (χ2v) is 5.59. The highest BCUT2D eigenvalue weighted by atomic mass is 79.9. The SMILES string of the molecule is COc1ccccc1NC(CN)c1cc(Cl)ccc1Br. The summed E-state index contributed by atoms with van der Waals surface area (Å²) >= 11 is 9.60. The van der Waals surface area contributed by atoms with Crippen molar-refractivity contribution < 1.29 is 4.74 Å². The fourth-order valence-corrected chi connectivity index (χ4v) is 2.70. The fourth-order valence-electron chi connectivity index (χ4n) is 2.00. The highest BCUT2D eigenvalue weighted by Gasteiger charge is 2.15. The molecule has 0 amide bonds. The summed E-state index contributed by atoms with van der Waals surface area (Å²) in [7, 11) is 1.65. The maximum absolute atomic E-state index is 6.07. The molecule has 0 heterocycles. The molecule has 5 heteroatoms. The molecule has 1 unspecified atom stereocenters. The van der Waals surface area contributed by atoms with Crippen LogP contribution in [-0.2, 0) is 0 Å². The lowest BCUT2D eigenvalue weighted by atomic mass is 10.1. The number of hydrogen-bond donors (Lipinski definition) is 2. The monoisotopic (exact) mass is 354 g/mol. The predicted molar refractivity (Wildman–Crippen MR) is 87.6 cm³/mol. The number of halogens is 2. The van der Waals surface area contributed by atoms with Gasteiger partial charge in [-0.15, -0.1) is 0 Å². The zero-order valence-corrected chi connectivity index (χ0v) is 13.4. The van der Waals surface area contributed by atoms with Crippen molar-refractivity contribution in [3.05, 3.63) is 57.5 Å². The highest BCUT2D eigenvalue weighted by molar-refractivity contribution is 9.10. The maximum Gasteiger partial charge on any atom is 0.141 e. The first-order valence-electron chi connectivity index (χ1n) is 6.20. The van der Waals surface area contributed by atoms with E-state index in [1.165, 1.54) is 0 Å². The summed E-state index contributed by atoms with van der Waals surface area (Å²) in [5.74, 6) is 0.782. The van der Waals surface area contributed by atoms with E-state index in [4.69, 9.17) is 22.1 Å². The zero-order chi connectivity index (χ0) is 14.5. The molecular weight excluding hydrogens is 340 g/mol. The molecule has 0 spiro atoms. The number of nitrogens with one attached hydrogen (secondary N) is 1. The Morgan fingerprint density at radius 3 is 2.75 bits per heavy atom. The topological polar surface area (TPSA) is 47.3 Å². The molecule has 20 heavy (non-hydrogen) atoms. The molecule has 2 aromatic carbocycles. The Labute approximate surface area is 132 Å². The van der Waals surface area contributed by atoms with Crippen LogP contribution in [0.25, 0.3) is 0 Å². The minimum Gasteiger partial charge on any atom is -0.495 e. The molecule has 3 N–H and O–H groups in total. The van der Waals surface area contributed by atoms with Crippen LogP contribution in [0.15, 0.2) is 46.9 Å². The van der Waals surface area contributed by atoms with Crippen molar-refractivity contribution in [3.63, 3.8) is 0 Å². The summed E-state index contributed by atoms with van der Waals surface area (Å²) in [5, 5.41) is 4.08. The van der Waals surface area contributed by atoms with Crippen LogP contribution in [0.5, 0.6) is 5.75 Å². The van der Waals surface area contributed by atoms with Crippen molar-refractivity contribution in [2.45, 2.75) is 6.04 Å². The molecule has 0 aromatic heterocycles. The number of rotatable bonds is 5. The first-order chi connectivity index (χ1) is 9.65. The van der Waals surface area contributed by atoms with Gasteiger partial charge in [-0.25, -0.2) is 0 Å². The van der Waals surface area contributed by atoms with E-state index in [-0.39, 0.29) is 6.04 Å². The lowest BCUT2D eigenvalue weighted by Gasteiger charge is -2.21. The summed E-state index contributed by atoms with van der Waals surface area (Å²) in [4.78, 5) is 0. The van der Waals surface area contributed by atoms with Crippen molar-refractivity contribution in [2.75, 3.05) is 19.0 Å². The molecule has 0 fully saturated rings. The van der Waals surface area contributed by atoms with E-state index >= 15 is 0 Å². The average molecular weight is 356 g/mol. The van der Waals surface area contributed by atoms with Gasteiger partial charge >= 0.3 is 0 Å². The third-order valence-corrected chi connectivity index (χ3v) is 3.96. The van der Waals surface area contributed by atoms with Crippen LogP contribution >= 0.6 is 27.5 Å². The third kappa shape index (κ3) is 3.45. The van der Waals surface area contributed by atoms with Gasteiger partial charge in [-0.3, -0.25) is 0 Å². The standard InChI is InChI=1S/C15H16BrClN2O/c1-20-15-5-3-2-4-13(15)19-14(9-18)11-8-10(17)6-7-12(11)16/h2-8,14,19H,9,18H2,1H3. The highest BCUT2D eigenvalue weighted by Crippen LogP contribution is 2.31. The smallest absolute Gasteiger partial charge is 0.141 e. The van der Waals surface area contributed by atoms with Crippen molar-refractivity contribution in [1.82, 2.24) is 0 Å². The van der Waals surface area contributed by atoms with Crippen LogP contribution < -0.4 is 15.8 Å². The van der Waals surface area contributed by atoms with Crippen LogP contribution in [0.2, 0.25) is 5.02 Å². The minimum atomic E-state index is -0.0561. The number of nitrogens with two attached hydrogens (primary N) is 1. The summed E-state index contributed by atoms with van der Waals surface area (Å²) in [6.07, 6.45) is 0. The Morgan fingerprint density at radius 2 is 2.05 bits per heavy atom. The number of methoxy groups -OCH3 is 1. The molecule has 1 atom stereocenters. The van der Waals surface area contributed by atoms with E-state index in [1.807, 2.05) is 42.5 Å². The van der Waals surface area contributed by atoms with E-state index < -0.39 is 0 Å². The van der Waals surface area contributed by atoms with Gasteiger partial charge in [0.05, 0.1) is 18.8 Å². The van der Waals surface area contributed by atoms with Gasteiger partial charge in [0.1, 0.15) is 5.75 Å². The van der Waals surface area contributed by atoms with E-state index in [2.05, 4.69) is 21.2 Å². The Bertz CT molecular complexity index is 592. The predicted octanol–water partition coefficient (Wildman–Crippen LogP) is 4.22. The first kappa shape index (κ1) is 15.2. The molecule has 0 radical (unpaired) electrons. The van der Waals surface area contributed by atoms with E-state index in [0.29, 0.717) is 11.6 Å². The van der Waals surface area contributed by atoms with Gasteiger partial charge in [-0.05, 0) is 35.9 Å². The number of anilines is 1. The molecule has 2 rings (SSSR count). The Kier molecular flexibility index (Phi) is 5.29. The summed E-state index contributed by atoms with van der Waals surface area (Å²) in [5.41, 5.74) is 7.82. The zero-order valence-electron chi connectivity index (χ0n) is 11.1. The summed E-state index contributed by atoms with van der Waals surface area (Å²) in [6.45, 7) is 0.441. The van der Waals surface area contributed by atoms with Crippen LogP contribution in [0.1, 0.15) is 11.6 Å². The Balaban J connectivity index is 2.31. The Morgan fingerprint density at radius 1 is 1.30 bits per heavy atom. The Hall–Kier alpha value is -1.23. The van der Waals surface area contributed by atoms with E-state index in [9.17, 15) is 0 Å². The van der Waals surface area contributed by atoms with E-state index in [1.54, 1.807) is 7.11 Å². The molecule has 0 aliphatic carbocycles. The number of ether oxygens (including phenoxy) is 1. The van der Waals surface area contributed by atoms with Crippen molar-refractivity contribution in [2.24, 2.45) is 5.73 Å². The molecule has 2 aromatic rings. The lowest BCUT2D eigenvalue weighted by Crippen LogP contribution is -2.21. The minimum absolute atomic E-state index is 0.0561. The summed E-state index contributed by atoms with van der Waals surface area (Å²) in [6, 6.07) is 13.4. The first-order valence-corrected chi connectivity index (χ1v) is 7.37. The number of hydrogen-bond acceptors (Lipinski definition) is 3. The summed E-state index contributed by atoms with van der Waals surface area (Å²) < 4.78 is 6.31. The van der Waals surface area contributed by atoms with Gasteiger partial charge in [0, 0.05) is 16.0 Å². The second-order valence-electron chi connectivity index (χ2n) is 4.30. The number of para-hydroxylation sites is 2. The molecule has 0 aliphatic rings. The van der Waals surface area contributed by atoms with E-state index in [0.717, 1.165) is 21.5 Å². The van der Waals surface area contributed by atoms with Crippen LogP contribution in [0.4, 0.5) is 5.69 Å². The van der Waals surface area contributed by atoms with Crippen molar-refractivity contribution in [3.8, 4) is 5.75 Å². The quantitative estimate of drug-likeness (QED) is 0.844. The van der Waals surface area contributed by atoms with Crippen molar-refractivity contribution >= 4 is 33.2 Å². The molecule has 3 nitrogen and oxygen atoms in total. The molecule has 106 valence electrons. The van der Waals surface area contributed by atoms with Gasteiger partial charge in [-0.2, -0.15) is 0 Å². The van der Waals surface area contributed by atoms with Gasteiger partial charge in [0.2, 0.25) is 0 Å². The molecule has 0 saturated heterocycles. The second kappa shape index (κ2) is 6.97. The van der Waals surface area contributed by atoms with Crippen LogP contribution in [0.3, 0.4) is 0 Å². The lowest BCUT2D eigenvalue weighted by molar-refractivity contribution is 0.416. The number of benzene rings is 2. The van der Waals surface area contributed by atoms with Crippen molar-refractivity contribution in [1.29, 1.82) is 0 Å².